The van der Waals surface area contributed by atoms with Crippen LogP contribution >= 0.6 is 23.2 Å². The van der Waals surface area contributed by atoms with Crippen LogP contribution in [0.1, 0.15) is 61.4 Å². The Morgan fingerprint density at radius 2 is 1.71 bits per heavy atom. The Labute approximate surface area is 213 Å². The van der Waals surface area contributed by atoms with Crippen molar-refractivity contribution in [2.24, 2.45) is 5.41 Å². The fourth-order valence-corrected chi connectivity index (χ4v) is 5.63. The van der Waals surface area contributed by atoms with E-state index in [-0.39, 0.29) is 27.8 Å². The zero-order valence-corrected chi connectivity index (χ0v) is 20.9. The van der Waals surface area contributed by atoms with E-state index in [9.17, 15) is 19.5 Å². The minimum atomic E-state index is -0.974. The van der Waals surface area contributed by atoms with Crippen molar-refractivity contribution in [1.29, 1.82) is 0 Å². The highest BCUT2D eigenvalue weighted by molar-refractivity contribution is 6.40. The molecule has 0 radical (unpaired) electrons. The molecular weight excluding hydrogens is 489 g/mol. The Kier molecular flexibility index (Phi) is 7.47. The van der Waals surface area contributed by atoms with Crippen LogP contribution in [0.5, 0.6) is 0 Å². The first kappa shape index (κ1) is 25.2. The van der Waals surface area contributed by atoms with Gasteiger partial charge in [-0.2, -0.15) is 0 Å². The van der Waals surface area contributed by atoms with Crippen LogP contribution in [-0.2, 0) is 16.0 Å². The third-order valence-electron chi connectivity index (χ3n) is 6.90. The number of carboxylic acids is 1. The first-order chi connectivity index (χ1) is 16.8. The predicted octanol–water partition coefficient (Wildman–Crippen LogP) is 5.42. The fraction of sp³-hybridized carbons (Fsp3) is 0.385. The van der Waals surface area contributed by atoms with E-state index in [2.05, 4.69) is 15.6 Å². The number of benzene rings is 1. The molecule has 1 aromatic carbocycles. The number of nitrogens with one attached hydrogen (secondary N) is 2. The van der Waals surface area contributed by atoms with E-state index < -0.39 is 23.3 Å². The number of allylic oxidation sites excluding steroid dienone is 2. The first-order valence-electron chi connectivity index (χ1n) is 11.7. The third-order valence-corrected chi connectivity index (χ3v) is 7.47. The van der Waals surface area contributed by atoms with E-state index in [0.717, 1.165) is 48.9 Å². The summed E-state index contributed by atoms with van der Waals surface area (Å²) < 4.78 is 0. The summed E-state index contributed by atoms with van der Waals surface area (Å²) in [4.78, 5) is 41.4. The van der Waals surface area contributed by atoms with Crippen molar-refractivity contribution >= 4 is 46.5 Å². The predicted molar refractivity (Wildman–Crippen MR) is 135 cm³/mol. The number of aromatic nitrogens is 1. The van der Waals surface area contributed by atoms with Crippen LogP contribution in [-0.4, -0.2) is 33.8 Å². The lowest BCUT2D eigenvalue weighted by molar-refractivity contribution is -0.140. The Balaban J connectivity index is 1.46. The smallest absolute Gasteiger partial charge is 0.326 e. The van der Waals surface area contributed by atoms with Crippen LogP contribution < -0.4 is 10.6 Å². The molecular formula is C26H27Cl2N3O4. The second-order valence-corrected chi connectivity index (χ2v) is 9.86. The highest BCUT2D eigenvalue weighted by Gasteiger charge is 2.53. The topological polar surface area (TPSA) is 108 Å². The number of ketones is 1. The van der Waals surface area contributed by atoms with Crippen molar-refractivity contribution in [1.82, 2.24) is 10.3 Å². The summed E-state index contributed by atoms with van der Waals surface area (Å²) in [6, 6.07) is 6.05. The summed E-state index contributed by atoms with van der Waals surface area (Å²) in [7, 11) is 0. The molecule has 7 nitrogen and oxygen atoms in total. The lowest BCUT2D eigenvalue weighted by Crippen LogP contribution is -2.54. The monoisotopic (exact) mass is 515 g/mol. The SMILES string of the molecule is CCC1=C(N[C@@H](Cc2ccc(NC(=O)c3c(Cl)cncc3Cl)cc2)C(=O)O)C2(CCCCC2)C1=O. The molecule has 35 heavy (non-hydrogen) atoms. The summed E-state index contributed by atoms with van der Waals surface area (Å²) >= 11 is 12.1. The molecule has 1 atom stereocenters. The van der Waals surface area contributed by atoms with E-state index in [0.29, 0.717) is 12.1 Å². The first-order valence-corrected chi connectivity index (χ1v) is 12.5. The highest BCUT2D eigenvalue weighted by atomic mass is 35.5. The number of anilines is 1. The molecule has 1 aromatic heterocycles. The molecule has 1 amide bonds. The van der Waals surface area contributed by atoms with Gasteiger partial charge in [0.05, 0.1) is 21.0 Å². The van der Waals surface area contributed by atoms with Crippen LogP contribution in [0.4, 0.5) is 5.69 Å². The zero-order valence-electron chi connectivity index (χ0n) is 19.4. The molecule has 0 unspecified atom stereocenters. The lowest BCUT2D eigenvalue weighted by Gasteiger charge is -2.47. The molecule has 1 spiro atoms. The molecule has 3 N–H and O–H groups in total. The summed E-state index contributed by atoms with van der Waals surface area (Å²) in [6.45, 7) is 1.93. The van der Waals surface area contributed by atoms with E-state index in [1.54, 1.807) is 24.3 Å². The number of nitrogens with zero attached hydrogens (tertiary/aromatic N) is 1. The number of pyridine rings is 1. The normalized spacial score (nSPS) is 17.6. The molecule has 9 heteroatoms. The number of halogens is 2. The van der Waals surface area contributed by atoms with E-state index in [1.807, 2.05) is 6.92 Å². The number of hydrogen-bond acceptors (Lipinski definition) is 5. The van der Waals surface area contributed by atoms with Gasteiger partial charge in [0.25, 0.3) is 5.91 Å². The van der Waals surface area contributed by atoms with Gasteiger partial charge in [-0.25, -0.2) is 4.79 Å². The average molecular weight is 516 g/mol. The number of aliphatic carboxylic acids is 1. The van der Waals surface area contributed by atoms with Crippen LogP contribution in [0, 0.1) is 5.41 Å². The van der Waals surface area contributed by atoms with Gasteiger partial charge in [0, 0.05) is 35.8 Å². The summed E-state index contributed by atoms with van der Waals surface area (Å²) in [5, 5.41) is 16.2. The lowest BCUT2D eigenvalue weighted by atomic mass is 9.58. The Morgan fingerprint density at radius 1 is 1.09 bits per heavy atom. The van der Waals surface area contributed by atoms with Crippen LogP contribution in [0.3, 0.4) is 0 Å². The van der Waals surface area contributed by atoms with Gasteiger partial charge in [0.15, 0.2) is 5.78 Å². The van der Waals surface area contributed by atoms with Crippen molar-refractivity contribution in [3.8, 4) is 0 Å². The van der Waals surface area contributed by atoms with Crippen molar-refractivity contribution in [3.05, 3.63) is 69.1 Å². The Morgan fingerprint density at radius 3 is 2.29 bits per heavy atom. The molecule has 2 aromatic rings. The van der Waals surface area contributed by atoms with Crippen molar-refractivity contribution in [2.45, 2.75) is 57.9 Å². The minimum Gasteiger partial charge on any atom is -0.480 e. The van der Waals surface area contributed by atoms with Crippen molar-refractivity contribution < 1.29 is 19.5 Å². The van der Waals surface area contributed by atoms with Gasteiger partial charge in [-0.1, -0.05) is 61.5 Å². The van der Waals surface area contributed by atoms with E-state index >= 15 is 0 Å². The standard InChI is InChI=1S/C26H27Cl2N3O4/c1-2-17-22(26(23(17)32)10-4-3-5-11-26)31-20(25(34)35)12-15-6-8-16(9-7-15)30-24(33)21-18(27)13-29-14-19(21)28/h6-9,13-14,20,31H,2-5,10-12H2,1H3,(H,30,33)(H,34,35)/t20-/m0/s1. The highest BCUT2D eigenvalue weighted by Crippen LogP contribution is 2.52. The number of carbonyl (C=O) groups excluding carboxylic acids is 2. The molecule has 0 aliphatic heterocycles. The van der Waals surface area contributed by atoms with Gasteiger partial charge in [-0.3, -0.25) is 14.6 Å². The second kappa shape index (κ2) is 10.4. The van der Waals surface area contributed by atoms with E-state index in [4.69, 9.17) is 23.2 Å². The zero-order chi connectivity index (χ0) is 25.2. The molecule has 2 aliphatic carbocycles. The fourth-order valence-electron chi connectivity index (χ4n) is 5.09. The maximum atomic E-state index is 12.9. The van der Waals surface area contributed by atoms with Crippen LogP contribution in [0.2, 0.25) is 10.0 Å². The largest absolute Gasteiger partial charge is 0.480 e. The molecule has 0 saturated heterocycles. The van der Waals surface area contributed by atoms with Gasteiger partial charge >= 0.3 is 5.97 Å². The van der Waals surface area contributed by atoms with Crippen LogP contribution in [0.25, 0.3) is 0 Å². The van der Waals surface area contributed by atoms with Crippen LogP contribution in [0.15, 0.2) is 47.9 Å². The van der Waals surface area contributed by atoms with Gasteiger partial charge in [-0.05, 0) is 37.0 Å². The van der Waals surface area contributed by atoms with Crippen molar-refractivity contribution in [2.75, 3.05) is 5.32 Å². The number of amides is 1. The number of hydrogen-bond donors (Lipinski definition) is 3. The average Bonchev–Trinajstić information content (AvgIpc) is 2.84. The number of carbonyl (C=O) groups is 3. The maximum Gasteiger partial charge on any atom is 0.326 e. The quantitative estimate of drug-likeness (QED) is 0.432. The maximum absolute atomic E-state index is 12.9. The molecule has 1 fully saturated rings. The van der Waals surface area contributed by atoms with Gasteiger partial charge in [0.2, 0.25) is 0 Å². The molecule has 1 saturated carbocycles. The summed E-state index contributed by atoms with van der Waals surface area (Å²) in [5.74, 6) is -1.26. The number of rotatable bonds is 8. The molecule has 1 heterocycles. The summed E-state index contributed by atoms with van der Waals surface area (Å²) in [5.41, 5.74) is 2.46. The second-order valence-electron chi connectivity index (χ2n) is 9.05. The van der Waals surface area contributed by atoms with Gasteiger partial charge in [-0.15, -0.1) is 0 Å². The molecule has 4 rings (SSSR count). The summed E-state index contributed by atoms with van der Waals surface area (Å²) in [6.07, 6.45) is 8.14. The van der Waals surface area contributed by atoms with E-state index in [1.165, 1.54) is 12.4 Å². The third kappa shape index (κ3) is 4.93. The van der Waals surface area contributed by atoms with Crippen molar-refractivity contribution in [3.63, 3.8) is 0 Å². The number of Topliss-reactive ketones (excluding diaryl/α,β-unsaturated/α-hetero) is 1. The Bertz CT molecular complexity index is 1170. The number of carboxylic acid groups (broad SMARTS) is 1. The molecule has 0 bridgehead atoms. The minimum absolute atomic E-state index is 0.134. The molecule has 184 valence electrons. The van der Waals surface area contributed by atoms with Gasteiger partial charge < -0.3 is 15.7 Å². The van der Waals surface area contributed by atoms with Gasteiger partial charge in [0.1, 0.15) is 6.04 Å². The molecule has 2 aliphatic rings. The Hall–Kier alpha value is -2.90.